The fourth-order valence-corrected chi connectivity index (χ4v) is 2.83. The van der Waals surface area contributed by atoms with E-state index in [1.54, 1.807) is 0 Å². The normalized spacial score (nSPS) is 25.1. The molecule has 1 N–H and O–H groups in total. The summed E-state index contributed by atoms with van der Waals surface area (Å²) in [6, 6.07) is 1.38. The molecule has 0 saturated carbocycles. The molecule has 0 amide bonds. The van der Waals surface area contributed by atoms with E-state index in [9.17, 15) is 0 Å². The van der Waals surface area contributed by atoms with Gasteiger partial charge in [0.2, 0.25) is 0 Å². The molecule has 0 spiro atoms. The van der Waals surface area contributed by atoms with Crippen molar-refractivity contribution in [1.29, 1.82) is 0 Å². The van der Waals surface area contributed by atoms with Gasteiger partial charge in [0, 0.05) is 12.1 Å². The van der Waals surface area contributed by atoms with Crippen LogP contribution >= 0.6 is 0 Å². The molecule has 0 aromatic heterocycles. The molecule has 0 bridgehead atoms. The van der Waals surface area contributed by atoms with Crippen LogP contribution in [0.3, 0.4) is 0 Å². The number of hydrogen-bond acceptors (Lipinski definition) is 2. The van der Waals surface area contributed by atoms with Gasteiger partial charge in [-0.15, -0.1) is 0 Å². The maximum absolute atomic E-state index is 6.23. The lowest BCUT2D eigenvalue weighted by Crippen LogP contribution is -2.41. The molecule has 0 unspecified atom stereocenters. The van der Waals surface area contributed by atoms with E-state index >= 15 is 0 Å². The van der Waals surface area contributed by atoms with Gasteiger partial charge < -0.3 is 9.74 Å². The molecule has 0 aromatic carbocycles. The molecule has 2 atom stereocenters. The minimum atomic E-state index is -1.54. The third-order valence-electron chi connectivity index (χ3n) is 4.35. The largest absolute Gasteiger partial charge is 0.415 e. The van der Waals surface area contributed by atoms with Crippen LogP contribution in [0.15, 0.2) is 0 Å². The third kappa shape index (κ3) is 4.72. The Kier molecular flexibility index (Phi) is 5.23. The molecule has 1 aliphatic heterocycles. The topological polar surface area (TPSA) is 31.2 Å². The first-order valence-corrected chi connectivity index (χ1v) is 10.1. The smallest absolute Gasteiger partial charge is 0.192 e. The zero-order valence-electron chi connectivity index (χ0n) is 12.6. The first-order chi connectivity index (χ1) is 7.78. The standard InChI is InChI=1S/C14H31NOSi/c1-7-8-9-10-12-13(15-12)11-16-17(5,6)14(2,3)4/h12-13,15H,7-11H2,1-6H3/t12-,13-/m1/s1. The summed E-state index contributed by atoms with van der Waals surface area (Å²) in [5.41, 5.74) is 0. The molecule has 2 nitrogen and oxygen atoms in total. The van der Waals surface area contributed by atoms with Gasteiger partial charge in [-0.25, -0.2) is 0 Å². The predicted octanol–water partition coefficient (Wildman–Crippen LogP) is 3.93. The van der Waals surface area contributed by atoms with Gasteiger partial charge in [0.05, 0.1) is 6.61 Å². The molecule has 1 aliphatic rings. The van der Waals surface area contributed by atoms with E-state index in [0.717, 1.165) is 12.6 Å². The summed E-state index contributed by atoms with van der Waals surface area (Å²) in [6.45, 7) is 14.8. The summed E-state index contributed by atoms with van der Waals surface area (Å²) in [4.78, 5) is 0. The van der Waals surface area contributed by atoms with Crippen LogP contribution in [0.1, 0.15) is 53.4 Å². The first-order valence-electron chi connectivity index (χ1n) is 7.18. The highest BCUT2D eigenvalue weighted by Gasteiger charge is 2.41. The lowest BCUT2D eigenvalue weighted by Gasteiger charge is -2.36. The van der Waals surface area contributed by atoms with E-state index in [-0.39, 0.29) is 0 Å². The summed E-state index contributed by atoms with van der Waals surface area (Å²) < 4.78 is 6.23. The third-order valence-corrected chi connectivity index (χ3v) is 8.85. The highest BCUT2D eigenvalue weighted by Crippen LogP contribution is 2.37. The van der Waals surface area contributed by atoms with Gasteiger partial charge in [-0.1, -0.05) is 47.0 Å². The zero-order valence-corrected chi connectivity index (χ0v) is 13.6. The SMILES string of the molecule is CCCCC[C@H]1N[C@@H]1CO[Si](C)(C)C(C)(C)C. The van der Waals surface area contributed by atoms with Gasteiger partial charge in [-0.2, -0.15) is 0 Å². The first kappa shape index (κ1) is 15.2. The maximum atomic E-state index is 6.23. The summed E-state index contributed by atoms with van der Waals surface area (Å²) in [5, 5.41) is 3.88. The van der Waals surface area contributed by atoms with Gasteiger partial charge in [-0.05, 0) is 24.6 Å². The monoisotopic (exact) mass is 257 g/mol. The van der Waals surface area contributed by atoms with E-state index < -0.39 is 8.32 Å². The lowest BCUT2D eigenvalue weighted by atomic mass is 10.1. The number of hydrogen-bond donors (Lipinski definition) is 1. The summed E-state index contributed by atoms with van der Waals surface area (Å²) in [7, 11) is -1.54. The van der Waals surface area contributed by atoms with Crippen LogP contribution in [-0.4, -0.2) is 27.0 Å². The summed E-state index contributed by atoms with van der Waals surface area (Å²) in [6.07, 6.45) is 5.38. The number of nitrogens with one attached hydrogen (secondary N) is 1. The Labute approximate surface area is 109 Å². The number of unbranched alkanes of at least 4 members (excludes halogenated alkanes) is 2. The van der Waals surface area contributed by atoms with Crippen LogP contribution in [0, 0.1) is 0 Å². The second kappa shape index (κ2) is 5.85. The van der Waals surface area contributed by atoms with Crippen molar-refractivity contribution in [2.45, 2.75) is 83.6 Å². The molecule has 3 heteroatoms. The molecule has 102 valence electrons. The Morgan fingerprint density at radius 3 is 2.29 bits per heavy atom. The Balaban J connectivity index is 2.17. The Bertz CT molecular complexity index is 235. The van der Waals surface area contributed by atoms with Crippen LogP contribution in [0.25, 0.3) is 0 Å². The van der Waals surface area contributed by atoms with E-state index in [4.69, 9.17) is 4.43 Å². The van der Waals surface area contributed by atoms with Crippen LogP contribution in [0.4, 0.5) is 0 Å². The van der Waals surface area contributed by atoms with Crippen molar-refractivity contribution < 1.29 is 4.43 Å². The minimum Gasteiger partial charge on any atom is -0.415 e. The molecule has 0 aromatic rings. The van der Waals surface area contributed by atoms with Crippen molar-refractivity contribution in [1.82, 2.24) is 5.32 Å². The van der Waals surface area contributed by atoms with Crippen molar-refractivity contribution >= 4 is 8.32 Å². The average molecular weight is 257 g/mol. The zero-order chi connectivity index (χ0) is 13.1. The van der Waals surface area contributed by atoms with Crippen LogP contribution in [-0.2, 0) is 4.43 Å². The van der Waals surface area contributed by atoms with Gasteiger partial charge in [0.25, 0.3) is 0 Å². The average Bonchev–Trinajstić information content (AvgIpc) is 2.93. The Morgan fingerprint density at radius 2 is 1.76 bits per heavy atom. The number of rotatable bonds is 7. The fraction of sp³-hybridized carbons (Fsp3) is 1.00. The van der Waals surface area contributed by atoms with Gasteiger partial charge in [0.1, 0.15) is 0 Å². The van der Waals surface area contributed by atoms with Crippen molar-refractivity contribution in [3.63, 3.8) is 0 Å². The summed E-state index contributed by atoms with van der Waals surface area (Å²) in [5.74, 6) is 0. The highest BCUT2D eigenvalue weighted by molar-refractivity contribution is 6.74. The molecular formula is C14H31NOSi. The quantitative estimate of drug-likeness (QED) is 0.426. The van der Waals surface area contributed by atoms with Gasteiger partial charge in [-0.3, -0.25) is 0 Å². The highest BCUT2D eigenvalue weighted by atomic mass is 28.4. The minimum absolute atomic E-state index is 0.333. The second-order valence-electron chi connectivity index (χ2n) is 6.95. The molecular weight excluding hydrogens is 226 g/mol. The predicted molar refractivity (Wildman–Crippen MR) is 78.0 cm³/mol. The maximum Gasteiger partial charge on any atom is 0.192 e. The lowest BCUT2D eigenvalue weighted by molar-refractivity contribution is 0.287. The van der Waals surface area contributed by atoms with E-state index in [2.05, 4.69) is 46.1 Å². The van der Waals surface area contributed by atoms with E-state index in [1.807, 2.05) is 0 Å². The molecule has 1 saturated heterocycles. The molecule has 1 fully saturated rings. The van der Waals surface area contributed by atoms with Gasteiger partial charge in [0.15, 0.2) is 8.32 Å². The van der Waals surface area contributed by atoms with Crippen molar-refractivity contribution in [2.75, 3.05) is 6.61 Å². The second-order valence-corrected chi connectivity index (χ2v) is 11.8. The van der Waals surface area contributed by atoms with Crippen LogP contribution in [0.5, 0.6) is 0 Å². The van der Waals surface area contributed by atoms with Crippen LogP contribution < -0.4 is 5.32 Å². The summed E-state index contributed by atoms with van der Waals surface area (Å²) >= 11 is 0. The van der Waals surface area contributed by atoms with Crippen molar-refractivity contribution in [2.24, 2.45) is 0 Å². The molecule has 0 aliphatic carbocycles. The van der Waals surface area contributed by atoms with Crippen molar-refractivity contribution in [3.8, 4) is 0 Å². The Morgan fingerprint density at radius 1 is 1.12 bits per heavy atom. The Hall–Kier alpha value is 0.137. The molecule has 1 rings (SSSR count). The van der Waals surface area contributed by atoms with Crippen LogP contribution in [0.2, 0.25) is 18.1 Å². The fourth-order valence-electron chi connectivity index (χ4n) is 1.80. The van der Waals surface area contributed by atoms with Crippen molar-refractivity contribution in [3.05, 3.63) is 0 Å². The van der Waals surface area contributed by atoms with E-state index in [0.29, 0.717) is 11.1 Å². The molecule has 17 heavy (non-hydrogen) atoms. The van der Waals surface area contributed by atoms with E-state index in [1.165, 1.54) is 25.7 Å². The molecule has 0 radical (unpaired) electrons. The van der Waals surface area contributed by atoms with Gasteiger partial charge >= 0.3 is 0 Å². The molecule has 1 heterocycles.